The molecule has 0 aliphatic carbocycles. The van der Waals surface area contributed by atoms with Crippen LogP contribution in [0.3, 0.4) is 0 Å². The molecule has 0 unspecified atom stereocenters. The molecule has 7 nitrogen and oxygen atoms in total. The van der Waals surface area contributed by atoms with Gasteiger partial charge in [-0.15, -0.1) is 0 Å². The van der Waals surface area contributed by atoms with Crippen molar-refractivity contribution in [2.24, 2.45) is 0 Å². The van der Waals surface area contributed by atoms with Gasteiger partial charge < -0.3 is 10.2 Å². The first-order valence-corrected chi connectivity index (χ1v) is 15.3. The number of para-hydroxylation sites is 1. The van der Waals surface area contributed by atoms with Crippen molar-refractivity contribution in [2.75, 3.05) is 23.7 Å². The summed E-state index contributed by atoms with van der Waals surface area (Å²) in [7, 11) is -3.81. The Kier molecular flexibility index (Phi) is 10.9. The van der Waals surface area contributed by atoms with Crippen LogP contribution in [0.15, 0.2) is 78.9 Å². The summed E-state index contributed by atoms with van der Waals surface area (Å²) in [4.78, 5) is 29.0. The molecule has 0 fully saturated rings. The van der Waals surface area contributed by atoms with Gasteiger partial charge in [0.1, 0.15) is 12.6 Å². The molecule has 0 spiro atoms. The van der Waals surface area contributed by atoms with Gasteiger partial charge >= 0.3 is 0 Å². The number of hydrogen-bond acceptors (Lipinski definition) is 4. The van der Waals surface area contributed by atoms with E-state index in [9.17, 15) is 18.0 Å². The summed E-state index contributed by atoms with van der Waals surface area (Å²) < 4.78 is 27.0. The van der Waals surface area contributed by atoms with Crippen molar-refractivity contribution >= 4 is 39.1 Å². The van der Waals surface area contributed by atoms with Crippen LogP contribution < -0.4 is 9.62 Å². The van der Waals surface area contributed by atoms with Gasteiger partial charge in [-0.2, -0.15) is 0 Å². The molecule has 39 heavy (non-hydrogen) atoms. The summed E-state index contributed by atoms with van der Waals surface area (Å²) in [5.74, 6) is -0.767. The minimum atomic E-state index is -3.81. The van der Waals surface area contributed by atoms with Crippen molar-refractivity contribution in [2.45, 2.75) is 45.7 Å². The van der Waals surface area contributed by atoms with E-state index in [2.05, 4.69) is 5.32 Å². The topological polar surface area (TPSA) is 86.8 Å². The molecular formula is C30H36ClN3O4S. The monoisotopic (exact) mass is 569 g/mol. The van der Waals surface area contributed by atoms with Gasteiger partial charge in [0, 0.05) is 24.5 Å². The number of nitrogens with one attached hydrogen (secondary N) is 1. The molecule has 9 heteroatoms. The van der Waals surface area contributed by atoms with Gasteiger partial charge in [0.2, 0.25) is 21.8 Å². The lowest BCUT2D eigenvalue weighted by Crippen LogP contribution is -2.53. The molecule has 0 bridgehead atoms. The molecule has 3 aromatic rings. The first-order valence-electron chi connectivity index (χ1n) is 13.0. The van der Waals surface area contributed by atoms with Gasteiger partial charge in [-0.1, -0.05) is 86.1 Å². The quantitative estimate of drug-likeness (QED) is 0.319. The van der Waals surface area contributed by atoms with Gasteiger partial charge in [-0.05, 0) is 47.7 Å². The minimum Gasteiger partial charge on any atom is -0.354 e. The van der Waals surface area contributed by atoms with E-state index in [0.29, 0.717) is 23.7 Å². The van der Waals surface area contributed by atoms with E-state index in [4.69, 9.17) is 11.6 Å². The number of hydrogen-bond donors (Lipinski definition) is 1. The highest BCUT2D eigenvalue weighted by Crippen LogP contribution is 2.25. The third-order valence-electron chi connectivity index (χ3n) is 6.41. The average Bonchev–Trinajstić information content (AvgIpc) is 2.93. The van der Waals surface area contributed by atoms with Crippen LogP contribution in [0.1, 0.15) is 37.0 Å². The van der Waals surface area contributed by atoms with Crippen LogP contribution >= 0.6 is 11.6 Å². The van der Waals surface area contributed by atoms with Crippen LogP contribution in [0, 0.1) is 0 Å². The molecule has 3 rings (SSSR count). The Labute approximate surface area is 236 Å². The van der Waals surface area contributed by atoms with E-state index in [-0.39, 0.29) is 18.9 Å². The number of aryl methyl sites for hydroxylation is 1. The first kappa shape index (κ1) is 30.2. The molecule has 0 aliphatic heterocycles. The number of anilines is 1. The number of halogens is 1. The number of nitrogens with zero attached hydrogens (tertiary/aromatic N) is 2. The first-order chi connectivity index (χ1) is 18.6. The largest absolute Gasteiger partial charge is 0.354 e. The number of carbonyl (C=O) groups is 2. The molecule has 2 amide bonds. The number of sulfonamides is 1. The van der Waals surface area contributed by atoms with Crippen LogP contribution in [0.4, 0.5) is 5.69 Å². The van der Waals surface area contributed by atoms with Crippen LogP contribution in [0.5, 0.6) is 0 Å². The maximum atomic E-state index is 14.1. The van der Waals surface area contributed by atoms with Gasteiger partial charge in [0.15, 0.2) is 0 Å². The number of carbonyl (C=O) groups excluding carboxylic acids is 2. The Hall–Kier alpha value is -3.36. The zero-order valence-corrected chi connectivity index (χ0v) is 24.2. The SMILES string of the molecule is CCCNC(=O)[C@H](Cc1ccccc1)N(Cc1ccc(Cl)cc1)C(=O)CN(c1ccccc1CC)S(C)(=O)=O. The summed E-state index contributed by atoms with van der Waals surface area (Å²) in [6.45, 7) is 4.03. The third kappa shape index (κ3) is 8.57. The maximum Gasteiger partial charge on any atom is 0.244 e. The van der Waals surface area contributed by atoms with Gasteiger partial charge in [-0.3, -0.25) is 13.9 Å². The second-order valence-corrected chi connectivity index (χ2v) is 11.7. The number of amides is 2. The van der Waals surface area contributed by atoms with E-state index in [1.54, 1.807) is 36.4 Å². The molecule has 1 N–H and O–H groups in total. The van der Waals surface area contributed by atoms with E-state index in [0.717, 1.165) is 33.7 Å². The maximum absolute atomic E-state index is 14.1. The highest BCUT2D eigenvalue weighted by molar-refractivity contribution is 7.92. The summed E-state index contributed by atoms with van der Waals surface area (Å²) >= 11 is 6.09. The molecule has 0 aromatic heterocycles. The van der Waals surface area contributed by atoms with Crippen LogP contribution in [-0.2, 0) is 39.0 Å². The Morgan fingerprint density at radius 2 is 1.54 bits per heavy atom. The molecule has 1 atom stereocenters. The molecular weight excluding hydrogens is 534 g/mol. The molecule has 0 saturated heterocycles. The standard InChI is InChI=1S/C30H36ClN3O4S/c1-4-19-32-30(36)28(20-23-11-7-6-8-12-23)33(21-24-15-17-26(31)18-16-24)29(35)22-34(39(3,37)38)27-14-10-9-13-25(27)5-2/h6-18,28H,4-5,19-22H2,1-3H3,(H,32,36)/t28-/m0/s1. The normalized spacial score (nSPS) is 12.0. The van der Waals surface area contributed by atoms with E-state index < -0.39 is 28.5 Å². The lowest BCUT2D eigenvalue weighted by Gasteiger charge is -2.34. The highest BCUT2D eigenvalue weighted by Gasteiger charge is 2.33. The molecule has 3 aromatic carbocycles. The molecule has 208 valence electrons. The highest BCUT2D eigenvalue weighted by atomic mass is 35.5. The zero-order valence-electron chi connectivity index (χ0n) is 22.6. The van der Waals surface area contributed by atoms with Crippen LogP contribution in [0.25, 0.3) is 0 Å². The molecule has 0 aliphatic rings. The molecule has 0 saturated carbocycles. The zero-order chi connectivity index (χ0) is 28.4. The lowest BCUT2D eigenvalue weighted by atomic mass is 10.0. The van der Waals surface area contributed by atoms with Crippen molar-refractivity contribution in [1.82, 2.24) is 10.2 Å². The fraction of sp³-hybridized carbons (Fsp3) is 0.333. The van der Waals surface area contributed by atoms with Gasteiger partial charge in [-0.25, -0.2) is 8.42 Å². The van der Waals surface area contributed by atoms with E-state index >= 15 is 0 Å². The van der Waals surface area contributed by atoms with Crippen LogP contribution in [0.2, 0.25) is 5.02 Å². The Balaban J connectivity index is 2.05. The fourth-order valence-corrected chi connectivity index (χ4v) is 5.36. The predicted molar refractivity (Wildman–Crippen MR) is 157 cm³/mol. The van der Waals surface area contributed by atoms with Crippen LogP contribution in [-0.4, -0.2) is 50.5 Å². The fourth-order valence-electron chi connectivity index (χ4n) is 4.35. The van der Waals surface area contributed by atoms with Crippen molar-refractivity contribution in [1.29, 1.82) is 0 Å². The summed E-state index contributed by atoms with van der Waals surface area (Å²) in [5.41, 5.74) is 2.92. The predicted octanol–water partition coefficient (Wildman–Crippen LogP) is 4.83. The third-order valence-corrected chi connectivity index (χ3v) is 7.79. The van der Waals surface area contributed by atoms with Crippen molar-refractivity contribution in [3.63, 3.8) is 0 Å². The summed E-state index contributed by atoms with van der Waals surface area (Å²) in [6.07, 6.45) is 2.71. The number of rotatable bonds is 13. The Morgan fingerprint density at radius 3 is 2.15 bits per heavy atom. The second kappa shape index (κ2) is 14.1. The molecule has 0 heterocycles. The Bertz CT molecular complexity index is 1350. The average molecular weight is 570 g/mol. The lowest BCUT2D eigenvalue weighted by molar-refractivity contribution is -0.140. The summed E-state index contributed by atoms with van der Waals surface area (Å²) in [6, 6.07) is 22.8. The van der Waals surface area contributed by atoms with E-state index in [1.165, 1.54) is 4.90 Å². The summed E-state index contributed by atoms with van der Waals surface area (Å²) in [5, 5.41) is 3.48. The smallest absolute Gasteiger partial charge is 0.244 e. The van der Waals surface area contributed by atoms with Gasteiger partial charge in [0.05, 0.1) is 11.9 Å². The second-order valence-electron chi connectivity index (χ2n) is 9.40. The van der Waals surface area contributed by atoms with Gasteiger partial charge in [0.25, 0.3) is 0 Å². The van der Waals surface area contributed by atoms with Crippen molar-refractivity contribution in [3.8, 4) is 0 Å². The number of benzene rings is 3. The molecule has 0 radical (unpaired) electrons. The van der Waals surface area contributed by atoms with E-state index in [1.807, 2.05) is 56.3 Å². The Morgan fingerprint density at radius 1 is 0.897 bits per heavy atom. The van der Waals surface area contributed by atoms with Crippen molar-refractivity contribution in [3.05, 3.63) is 101 Å². The van der Waals surface area contributed by atoms with Crippen molar-refractivity contribution < 1.29 is 18.0 Å². The minimum absolute atomic E-state index is 0.111.